The van der Waals surface area contributed by atoms with Crippen molar-refractivity contribution >= 4 is 11.0 Å². The third-order valence-corrected chi connectivity index (χ3v) is 6.05. The van der Waals surface area contributed by atoms with Crippen LogP contribution in [-0.4, -0.2) is 106 Å². The Kier molecular flexibility index (Phi) is 7.61. The van der Waals surface area contributed by atoms with Gasteiger partial charge in [0.25, 0.3) is 0 Å². The molecule has 13 nitrogen and oxygen atoms in total. The minimum absolute atomic E-state index is 0.0265. The van der Waals surface area contributed by atoms with Gasteiger partial charge in [-0.05, 0) is 19.1 Å². The van der Waals surface area contributed by atoms with Crippen molar-refractivity contribution in [1.29, 1.82) is 0 Å². The summed E-state index contributed by atoms with van der Waals surface area (Å²) in [5, 5.41) is 61.5. The van der Waals surface area contributed by atoms with Crippen LogP contribution in [0.2, 0.25) is 0 Å². The summed E-state index contributed by atoms with van der Waals surface area (Å²) in [6.45, 7) is 1.04. The van der Waals surface area contributed by atoms with Gasteiger partial charge in [0.1, 0.15) is 48.3 Å². The monoisotopic (exact) mass is 500 g/mol. The van der Waals surface area contributed by atoms with Crippen LogP contribution in [0.3, 0.4) is 0 Å². The molecular weight excluding hydrogens is 472 g/mol. The van der Waals surface area contributed by atoms with Gasteiger partial charge < -0.3 is 58.7 Å². The first-order valence-corrected chi connectivity index (χ1v) is 10.9. The summed E-state index contributed by atoms with van der Waals surface area (Å²) in [5.41, 5.74) is -0.408. The largest absolute Gasteiger partial charge is 0.493 e. The van der Waals surface area contributed by atoms with E-state index in [0.29, 0.717) is 5.39 Å². The predicted octanol–water partition coefficient (Wildman–Crippen LogP) is -2.17. The molecule has 1 aromatic heterocycles. The second-order valence-corrected chi connectivity index (χ2v) is 8.44. The molecule has 10 atom stereocenters. The fourth-order valence-electron chi connectivity index (χ4n) is 3.94. The standard InChI is InChI=1S/C22H28O13/c1-8-15(24)17(26)19(28)21(32-8)31-7-13-16(25)18(27)20(29)22(35-13)34-12-6-10-9(5-11(12)30-2)3-4-14(23)33-10/h3-6,8,13,15-22,24-29H,7H2,1-2H3/t8-,13-,15-,16-,17-,18-,19+,20+,21-,22-/m1/s1. The third kappa shape index (κ3) is 5.14. The van der Waals surface area contributed by atoms with Crippen molar-refractivity contribution in [3.8, 4) is 11.5 Å². The van der Waals surface area contributed by atoms with Crippen LogP contribution in [0.15, 0.2) is 33.5 Å². The lowest BCUT2D eigenvalue weighted by molar-refractivity contribution is -0.318. The van der Waals surface area contributed by atoms with Crippen LogP contribution in [0.1, 0.15) is 6.92 Å². The van der Waals surface area contributed by atoms with Crippen molar-refractivity contribution in [2.24, 2.45) is 0 Å². The third-order valence-electron chi connectivity index (χ3n) is 6.05. The number of hydrogen-bond donors (Lipinski definition) is 6. The first kappa shape index (κ1) is 25.8. The molecule has 1 aromatic carbocycles. The van der Waals surface area contributed by atoms with Crippen LogP contribution in [0.5, 0.6) is 11.5 Å². The van der Waals surface area contributed by atoms with E-state index in [-0.39, 0.29) is 17.1 Å². The molecule has 35 heavy (non-hydrogen) atoms. The number of fused-ring (bicyclic) bond motifs is 1. The zero-order valence-electron chi connectivity index (χ0n) is 18.8. The van der Waals surface area contributed by atoms with Crippen LogP contribution in [-0.2, 0) is 14.2 Å². The Hall–Kier alpha value is -2.33. The summed E-state index contributed by atoms with van der Waals surface area (Å²) < 4.78 is 32.5. The van der Waals surface area contributed by atoms with Crippen molar-refractivity contribution in [3.63, 3.8) is 0 Å². The highest BCUT2D eigenvalue weighted by Gasteiger charge is 2.47. The average Bonchev–Trinajstić information content (AvgIpc) is 2.84. The molecule has 2 aromatic rings. The van der Waals surface area contributed by atoms with Crippen LogP contribution in [0, 0.1) is 0 Å². The highest BCUT2D eigenvalue weighted by atomic mass is 16.7. The topological polar surface area (TPSA) is 198 Å². The SMILES string of the molecule is COc1cc2ccc(=O)oc2cc1O[C@@H]1O[C@H](CO[C@@H]2O[C@H](C)[C@@H](O)[C@@H](O)[C@@H]2O)[C@@H](O)[C@@H](O)[C@@H]1O. The van der Waals surface area contributed by atoms with E-state index in [9.17, 15) is 35.4 Å². The van der Waals surface area contributed by atoms with E-state index >= 15 is 0 Å². The highest BCUT2D eigenvalue weighted by molar-refractivity contribution is 5.80. The maximum absolute atomic E-state index is 11.6. The molecule has 194 valence electrons. The number of aliphatic hydroxyl groups excluding tert-OH is 6. The fraction of sp³-hybridized carbons (Fsp3) is 0.591. The Bertz CT molecular complexity index is 1070. The molecule has 13 heteroatoms. The molecule has 0 bridgehead atoms. The minimum Gasteiger partial charge on any atom is -0.493 e. The fourth-order valence-corrected chi connectivity index (χ4v) is 3.94. The van der Waals surface area contributed by atoms with Gasteiger partial charge in [0.2, 0.25) is 6.29 Å². The van der Waals surface area contributed by atoms with Gasteiger partial charge in [-0.1, -0.05) is 0 Å². The second kappa shape index (κ2) is 10.3. The molecule has 0 spiro atoms. The lowest BCUT2D eigenvalue weighted by Gasteiger charge is -2.42. The van der Waals surface area contributed by atoms with Crippen molar-refractivity contribution in [2.75, 3.05) is 13.7 Å². The van der Waals surface area contributed by atoms with E-state index in [0.717, 1.165) is 0 Å². The summed E-state index contributed by atoms with van der Waals surface area (Å²) in [6, 6.07) is 5.67. The number of methoxy groups -OCH3 is 1. The maximum Gasteiger partial charge on any atom is 0.336 e. The molecule has 2 fully saturated rings. The summed E-state index contributed by atoms with van der Waals surface area (Å²) in [7, 11) is 1.38. The molecule has 0 unspecified atom stereocenters. The summed E-state index contributed by atoms with van der Waals surface area (Å²) >= 11 is 0. The Morgan fingerprint density at radius 3 is 2.23 bits per heavy atom. The number of hydrogen-bond acceptors (Lipinski definition) is 13. The first-order chi connectivity index (χ1) is 16.6. The summed E-state index contributed by atoms with van der Waals surface area (Å²) in [6.07, 6.45) is -14.4. The predicted molar refractivity (Wildman–Crippen MR) is 115 cm³/mol. The Balaban J connectivity index is 1.50. The minimum atomic E-state index is -1.70. The van der Waals surface area contributed by atoms with Crippen LogP contribution >= 0.6 is 0 Å². The molecule has 0 saturated carbocycles. The lowest BCUT2D eigenvalue weighted by Crippen LogP contribution is -2.61. The van der Waals surface area contributed by atoms with Crippen LogP contribution in [0.4, 0.5) is 0 Å². The molecule has 6 N–H and O–H groups in total. The quantitative estimate of drug-likeness (QED) is 0.235. The van der Waals surface area contributed by atoms with Crippen molar-refractivity contribution < 1.29 is 58.7 Å². The molecule has 3 heterocycles. The van der Waals surface area contributed by atoms with E-state index in [1.54, 1.807) is 0 Å². The zero-order chi connectivity index (χ0) is 25.4. The number of benzene rings is 1. The normalized spacial score (nSPS) is 37.8. The van der Waals surface area contributed by atoms with Crippen molar-refractivity contribution in [3.05, 3.63) is 34.7 Å². The van der Waals surface area contributed by atoms with E-state index in [1.165, 1.54) is 38.3 Å². The molecule has 0 aliphatic carbocycles. The van der Waals surface area contributed by atoms with Gasteiger partial charge in [-0.2, -0.15) is 0 Å². The highest BCUT2D eigenvalue weighted by Crippen LogP contribution is 2.35. The first-order valence-electron chi connectivity index (χ1n) is 10.9. The summed E-state index contributed by atoms with van der Waals surface area (Å²) in [5.74, 6) is 0.245. The van der Waals surface area contributed by atoms with E-state index < -0.39 is 73.6 Å². The maximum atomic E-state index is 11.6. The van der Waals surface area contributed by atoms with Crippen LogP contribution < -0.4 is 15.1 Å². The lowest BCUT2D eigenvalue weighted by atomic mass is 9.98. The van der Waals surface area contributed by atoms with Crippen molar-refractivity contribution in [2.45, 2.75) is 68.3 Å². The van der Waals surface area contributed by atoms with E-state index in [1.807, 2.05) is 0 Å². The molecule has 2 aliphatic heterocycles. The van der Waals surface area contributed by atoms with Gasteiger partial charge in [0.15, 0.2) is 17.8 Å². The molecule has 4 rings (SSSR count). The Labute approximate surface area is 198 Å². The van der Waals surface area contributed by atoms with Gasteiger partial charge in [-0.25, -0.2) is 4.79 Å². The molecule has 2 saturated heterocycles. The number of ether oxygens (including phenoxy) is 5. The van der Waals surface area contributed by atoms with Gasteiger partial charge >= 0.3 is 5.63 Å². The summed E-state index contributed by atoms with van der Waals surface area (Å²) in [4.78, 5) is 11.6. The van der Waals surface area contributed by atoms with Gasteiger partial charge in [0.05, 0.1) is 19.8 Å². The molecule has 0 radical (unpaired) electrons. The van der Waals surface area contributed by atoms with E-state index in [4.69, 9.17) is 28.1 Å². The van der Waals surface area contributed by atoms with E-state index in [2.05, 4.69) is 0 Å². The number of rotatable bonds is 6. The molecule has 0 amide bonds. The second-order valence-electron chi connectivity index (χ2n) is 8.44. The van der Waals surface area contributed by atoms with Gasteiger partial charge in [0, 0.05) is 17.5 Å². The van der Waals surface area contributed by atoms with Crippen molar-refractivity contribution in [1.82, 2.24) is 0 Å². The molecule has 2 aliphatic rings. The Morgan fingerprint density at radius 2 is 1.51 bits per heavy atom. The molecular formula is C22H28O13. The van der Waals surface area contributed by atoms with Gasteiger partial charge in [-0.3, -0.25) is 0 Å². The average molecular weight is 500 g/mol. The smallest absolute Gasteiger partial charge is 0.336 e. The number of aliphatic hydroxyl groups is 6. The zero-order valence-corrected chi connectivity index (χ0v) is 18.8. The Morgan fingerprint density at radius 1 is 0.829 bits per heavy atom. The van der Waals surface area contributed by atoms with Crippen LogP contribution in [0.25, 0.3) is 11.0 Å². The van der Waals surface area contributed by atoms with Gasteiger partial charge in [-0.15, -0.1) is 0 Å².